The molecule has 5 atom stereocenters. The van der Waals surface area contributed by atoms with Crippen LogP contribution in [-0.4, -0.2) is 30.2 Å². The lowest BCUT2D eigenvalue weighted by Gasteiger charge is -2.46. The van der Waals surface area contributed by atoms with Crippen LogP contribution in [-0.2, 0) is 51.8 Å². The smallest absolute Gasteiger partial charge is 0.113 e. The van der Waals surface area contributed by atoms with Crippen LogP contribution in [0.5, 0.6) is 0 Å². The van der Waals surface area contributed by atoms with E-state index >= 15 is 0 Å². The Balaban J connectivity index is 1.26. The molecule has 7 rings (SSSR count). The highest BCUT2D eigenvalue weighted by molar-refractivity contribution is 8.00. The molecule has 0 unspecified atom stereocenters. The average Bonchev–Trinajstić information content (AvgIpc) is 3.22. The Hall–Kier alpha value is -4.20. The molecule has 54 heavy (non-hydrogen) atoms. The van der Waals surface area contributed by atoms with Gasteiger partial charge >= 0.3 is 0 Å². The largest absolute Gasteiger partial charge is 0.376 e. The molecule has 6 aromatic rings. The van der Waals surface area contributed by atoms with Gasteiger partial charge in [0.05, 0.1) is 43.5 Å². The Morgan fingerprint density at radius 3 is 1.52 bits per heavy atom. The number of halogens is 1. The van der Waals surface area contributed by atoms with Crippen LogP contribution >= 0.6 is 23.4 Å². The molecular weight excluding hydrogens is 708 g/mol. The van der Waals surface area contributed by atoms with Crippen molar-refractivity contribution in [2.75, 3.05) is 6.61 Å². The quantitative estimate of drug-likeness (QED) is 0.0983. The van der Waals surface area contributed by atoms with Crippen LogP contribution in [0.15, 0.2) is 164 Å². The number of benzene rings is 6. The zero-order valence-electron chi connectivity index (χ0n) is 30.6. The molecule has 1 aliphatic heterocycles. The number of ether oxygens (including phenoxy) is 4. The highest BCUT2D eigenvalue weighted by Gasteiger charge is 2.48. The Morgan fingerprint density at radius 2 is 0.981 bits per heavy atom. The van der Waals surface area contributed by atoms with Crippen molar-refractivity contribution in [3.63, 3.8) is 0 Å². The molecule has 1 fully saturated rings. The van der Waals surface area contributed by atoms with Gasteiger partial charge in [0.25, 0.3) is 0 Å². The van der Waals surface area contributed by atoms with E-state index in [-0.39, 0.29) is 22.7 Å². The predicted octanol–water partition coefficient (Wildman–Crippen LogP) is 11.4. The molecule has 0 spiro atoms. The van der Waals surface area contributed by atoms with Crippen LogP contribution in [0, 0.1) is 6.92 Å². The Labute approximate surface area is 329 Å². The summed E-state index contributed by atoms with van der Waals surface area (Å²) in [4.78, 5) is 0. The van der Waals surface area contributed by atoms with Gasteiger partial charge in [-0.15, -0.1) is 11.8 Å². The van der Waals surface area contributed by atoms with E-state index < -0.39 is 6.10 Å². The van der Waals surface area contributed by atoms with Crippen molar-refractivity contribution in [1.82, 2.24) is 0 Å². The summed E-state index contributed by atoms with van der Waals surface area (Å²) in [5.74, 6) is 0. The number of hydrogen-bond acceptors (Lipinski definition) is 5. The fourth-order valence-corrected chi connectivity index (χ4v) is 8.71. The van der Waals surface area contributed by atoms with Crippen molar-refractivity contribution in [1.29, 1.82) is 0 Å². The third-order valence-electron chi connectivity index (χ3n) is 9.80. The summed E-state index contributed by atoms with van der Waals surface area (Å²) in [5.41, 5.74) is 9.13. The average molecular weight is 755 g/mol. The van der Waals surface area contributed by atoms with Gasteiger partial charge in [-0.1, -0.05) is 175 Å². The van der Waals surface area contributed by atoms with Gasteiger partial charge in [0, 0.05) is 5.02 Å². The van der Waals surface area contributed by atoms with Gasteiger partial charge in [0.2, 0.25) is 0 Å². The van der Waals surface area contributed by atoms with Crippen molar-refractivity contribution in [2.24, 2.45) is 0 Å². The second-order valence-electron chi connectivity index (χ2n) is 13.9. The minimum Gasteiger partial charge on any atom is -0.376 e. The molecule has 6 aromatic carbocycles. The van der Waals surface area contributed by atoms with E-state index in [0.29, 0.717) is 33.0 Å². The number of rotatable bonds is 16. The summed E-state index contributed by atoms with van der Waals surface area (Å²) in [6.07, 6.45) is -0.352. The molecule has 0 aliphatic carbocycles. The molecule has 4 nitrogen and oxygen atoms in total. The fourth-order valence-electron chi connectivity index (χ4n) is 6.89. The van der Waals surface area contributed by atoms with Crippen molar-refractivity contribution in [2.45, 2.75) is 68.6 Å². The third-order valence-corrected chi connectivity index (χ3v) is 11.8. The molecule has 0 bridgehead atoms. The summed E-state index contributed by atoms with van der Waals surface area (Å²) < 4.78 is 27.5. The van der Waals surface area contributed by atoms with E-state index in [4.69, 9.17) is 30.5 Å². The highest BCUT2D eigenvalue weighted by Crippen LogP contribution is 2.48. The number of thioether (sulfide) groups is 1. The van der Waals surface area contributed by atoms with E-state index in [1.165, 1.54) is 11.1 Å². The summed E-state index contributed by atoms with van der Waals surface area (Å²) in [5, 5.41) is 0.604. The number of hydrogen-bond donors (Lipinski definition) is 0. The lowest BCUT2D eigenvalue weighted by atomic mass is 9.94. The monoisotopic (exact) mass is 754 g/mol. The standard InChI is InChI=1S/C48H47ClO4S/c1-35-22-24-36(25-23-35)28-42-29-41(26-27-43(42)49)48-47(53-33-40-20-12-5-13-21-40)46(52-32-39-18-10-4-11-19-39)45(51-31-38-16-8-3-9-17-38)44(54-48)34-50-30-37-14-6-2-7-15-37/h2-27,29,44-48H,28,30-34H2,1H3/t44-,45-,46+,47-,48+/m1/s1. The number of aryl methyl sites for hydroxylation is 1. The van der Waals surface area contributed by atoms with Crippen molar-refractivity contribution >= 4 is 23.4 Å². The highest BCUT2D eigenvalue weighted by atomic mass is 35.5. The first-order valence-corrected chi connectivity index (χ1v) is 20.0. The molecule has 276 valence electrons. The van der Waals surface area contributed by atoms with Gasteiger partial charge in [0.15, 0.2) is 0 Å². The second-order valence-corrected chi connectivity index (χ2v) is 15.7. The molecule has 0 aromatic heterocycles. The lowest BCUT2D eigenvalue weighted by Crippen LogP contribution is -2.54. The van der Waals surface area contributed by atoms with Crippen LogP contribution in [0.2, 0.25) is 5.02 Å². The van der Waals surface area contributed by atoms with Gasteiger partial charge in [-0.05, 0) is 58.4 Å². The SMILES string of the molecule is Cc1ccc(Cc2cc([C@@H]3S[C@H](COCc4ccccc4)[C@@H](OCc4ccccc4)[C@H](OCc4ccccc4)[C@H]3OCc3ccccc3)ccc2Cl)cc1. The minimum absolute atomic E-state index is 0.0593. The molecule has 0 radical (unpaired) electrons. The van der Waals surface area contributed by atoms with Crippen LogP contribution in [0.3, 0.4) is 0 Å². The van der Waals surface area contributed by atoms with Crippen molar-refractivity contribution < 1.29 is 18.9 Å². The lowest BCUT2D eigenvalue weighted by molar-refractivity contribution is -0.160. The Morgan fingerprint density at radius 1 is 0.500 bits per heavy atom. The van der Waals surface area contributed by atoms with E-state index in [1.54, 1.807) is 0 Å². The van der Waals surface area contributed by atoms with Gasteiger partial charge in [-0.25, -0.2) is 0 Å². The van der Waals surface area contributed by atoms with Crippen LogP contribution in [0.4, 0.5) is 0 Å². The minimum atomic E-state index is -0.412. The van der Waals surface area contributed by atoms with Crippen molar-refractivity contribution in [3.05, 3.63) is 213 Å². The molecule has 1 saturated heterocycles. The predicted molar refractivity (Wildman–Crippen MR) is 221 cm³/mol. The Bertz CT molecular complexity index is 1990. The van der Waals surface area contributed by atoms with Gasteiger partial charge in [0.1, 0.15) is 18.3 Å². The maximum absolute atomic E-state index is 7.04. The summed E-state index contributed by atoms with van der Waals surface area (Å²) >= 11 is 8.77. The summed E-state index contributed by atoms with van der Waals surface area (Å²) in [7, 11) is 0. The van der Waals surface area contributed by atoms with Crippen molar-refractivity contribution in [3.8, 4) is 0 Å². The molecular formula is C48H47ClO4S. The first kappa shape index (κ1) is 38.1. The van der Waals surface area contributed by atoms with Gasteiger partial charge < -0.3 is 18.9 Å². The summed E-state index contributed by atoms with van der Waals surface area (Å²) in [6, 6.07) is 56.5. The molecule has 0 saturated carbocycles. The molecule has 1 aliphatic rings. The van der Waals surface area contributed by atoms with Gasteiger partial charge in [-0.2, -0.15) is 0 Å². The second kappa shape index (κ2) is 19.4. The molecule has 1 heterocycles. The van der Waals surface area contributed by atoms with E-state index in [2.05, 4.69) is 128 Å². The van der Waals surface area contributed by atoms with Crippen LogP contribution in [0.1, 0.15) is 49.8 Å². The maximum Gasteiger partial charge on any atom is 0.113 e. The maximum atomic E-state index is 7.04. The third kappa shape index (κ3) is 10.5. The van der Waals surface area contributed by atoms with E-state index in [1.807, 2.05) is 54.2 Å². The zero-order valence-corrected chi connectivity index (χ0v) is 32.2. The first-order valence-electron chi connectivity index (χ1n) is 18.7. The summed E-state index contributed by atoms with van der Waals surface area (Å²) in [6.45, 7) is 4.42. The van der Waals surface area contributed by atoms with Gasteiger partial charge in [-0.3, -0.25) is 0 Å². The fraction of sp³-hybridized carbons (Fsp3) is 0.250. The van der Waals surface area contributed by atoms with Crippen LogP contribution < -0.4 is 0 Å². The molecule has 0 N–H and O–H groups in total. The molecule has 0 amide bonds. The Kier molecular flexibility index (Phi) is 13.7. The topological polar surface area (TPSA) is 36.9 Å². The van der Waals surface area contributed by atoms with E-state index in [0.717, 1.165) is 44.8 Å². The molecule has 6 heteroatoms. The normalized spacial score (nSPS) is 19.8. The first-order chi connectivity index (χ1) is 26.6. The van der Waals surface area contributed by atoms with E-state index in [9.17, 15) is 0 Å². The van der Waals surface area contributed by atoms with Crippen LogP contribution in [0.25, 0.3) is 0 Å². The zero-order chi connectivity index (χ0) is 37.0.